The second-order valence-electron chi connectivity index (χ2n) is 4.64. The molecule has 15 heavy (non-hydrogen) atoms. The third-order valence-corrected chi connectivity index (χ3v) is 20.3. The van der Waals surface area contributed by atoms with Gasteiger partial charge in [0, 0.05) is 0 Å². The van der Waals surface area contributed by atoms with E-state index in [9.17, 15) is 4.79 Å². The summed E-state index contributed by atoms with van der Waals surface area (Å²) in [6.07, 6.45) is 4.21. The van der Waals surface area contributed by atoms with Gasteiger partial charge in [0.2, 0.25) is 0 Å². The van der Waals surface area contributed by atoms with Gasteiger partial charge in [-0.15, -0.1) is 0 Å². The van der Waals surface area contributed by atoms with Crippen molar-refractivity contribution in [2.75, 3.05) is 0 Å². The SMILES string of the molecule is CC[CH2][Sn]([CH2]CC)([CH2]CC)[CH2]CC(=O)O. The molecule has 90 valence electrons. The van der Waals surface area contributed by atoms with Crippen molar-refractivity contribution in [3.63, 3.8) is 0 Å². The quantitative estimate of drug-likeness (QED) is 0.648. The van der Waals surface area contributed by atoms with Crippen LogP contribution in [0.4, 0.5) is 0 Å². The summed E-state index contributed by atoms with van der Waals surface area (Å²) in [5.41, 5.74) is 0. The molecule has 0 atom stereocenters. The Morgan fingerprint density at radius 3 is 1.60 bits per heavy atom. The number of rotatable bonds is 9. The van der Waals surface area contributed by atoms with Crippen molar-refractivity contribution in [2.24, 2.45) is 0 Å². The topological polar surface area (TPSA) is 37.3 Å². The molecule has 0 radical (unpaired) electrons. The second kappa shape index (κ2) is 8.42. The molecule has 0 aliphatic heterocycles. The number of hydrogen-bond donors (Lipinski definition) is 1. The van der Waals surface area contributed by atoms with E-state index >= 15 is 0 Å². The van der Waals surface area contributed by atoms with Crippen LogP contribution in [0.25, 0.3) is 0 Å². The summed E-state index contributed by atoms with van der Waals surface area (Å²) in [4.78, 5) is 10.7. The maximum absolute atomic E-state index is 10.7. The first-order valence-electron chi connectivity index (χ1n) is 6.32. The molecule has 2 nitrogen and oxygen atoms in total. The van der Waals surface area contributed by atoms with Crippen LogP contribution in [0, 0.1) is 0 Å². The molecule has 0 aliphatic rings. The maximum atomic E-state index is 10.7. The van der Waals surface area contributed by atoms with Crippen LogP contribution in [0.2, 0.25) is 17.7 Å². The Morgan fingerprint density at radius 2 is 1.33 bits per heavy atom. The van der Waals surface area contributed by atoms with E-state index in [1.165, 1.54) is 32.6 Å². The third-order valence-electron chi connectivity index (χ3n) is 3.21. The van der Waals surface area contributed by atoms with E-state index in [0.717, 1.165) is 4.44 Å². The molecular weight excluding hydrogens is 295 g/mol. The van der Waals surface area contributed by atoms with Crippen molar-refractivity contribution in [1.82, 2.24) is 0 Å². The van der Waals surface area contributed by atoms with Gasteiger partial charge in [-0.05, 0) is 0 Å². The average Bonchev–Trinajstić information content (AvgIpc) is 2.16. The normalized spacial score (nSPS) is 11.7. The summed E-state index contributed by atoms with van der Waals surface area (Å²) in [5, 5.41) is 8.82. The molecule has 3 heteroatoms. The van der Waals surface area contributed by atoms with Crippen molar-refractivity contribution in [1.29, 1.82) is 0 Å². The van der Waals surface area contributed by atoms with E-state index in [1.807, 2.05) is 0 Å². The van der Waals surface area contributed by atoms with Crippen molar-refractivity contribution in [2.45, 2.75) is 64.2 Å². The fourth-order valence-electron chi connectivity index (χ4n) is 2.71. The molecule has 0 bridgehead atoms. The van der Waals surface area contributed by atoms with E-state index < -0.39 is 24.3 Å². The van der Waals surface area contributed by atoms with Gasteiger partial charge < -0.3 is 0 Å². The zero-order chi connectivity index (χ0) is 11.7. The molecule has 0 aromatic rings. The first kappa shape index (κ1) is 15.3. The fourth-order valence-corrected chi connectivity index (χ4v) is 18.2. The van der Waals surface area contributed by atoms with Crippen LogP contribution in [-0.2, 0) is 4.79 Å². The number of carboxylic acids is 1. The fraction of sp³-hybridized carbons (Fsp3) is 0.917. The van der Waals surface area contributed by atoms with Crippen LogP contribution < -0.4 is 0 Å². The molecule has 0 fully saturated rings. The minimum absolute atomic E-state index is 0.427. The van der Waals surface area contributed by atoms with E-state index in [2.05, 4.69) is 20.8 Å². The Labute approximate surface area is 98.3 Å². The van der Waals surface area contributed by atoms with Crippen LogP contribution in [0.5, 0.6) is 0 Å². The Balaban J connectivity index is 4.37. The van der Waals surface area contributed by atoms with Gasteiger partial charge in [-0.2, -0.15) is 0 Å². The van der Waals surface area contributed by atoms with E-state index in [4.69, 9.17) is 5.11 Å². The standard InChI is InChI=1S/C3H5O2.3C3H7.Sn/c1-2-3(4)5;3*1-3-2;/h1-2H2,(H,4,5);3*1,3H2,2H3;. The van der Waals surface area contributed by atoms with Crippen molar-refractivity contribution >= 4 is 24.3 Å². The predicted molar refractivity (Wildman–Crippen MR) is 68.1 cm³/mol. The van der Waals surface area contributed by atoms with Gasteiger partial charge in [-0.3, -0.25) is 0 Å². The molecule has 0 spiro atoms. The Morgan fingerprint density at radius 1 is 0.933 bits per heavy atom. The molecule has 0 aromatic heterocycles. The van der Waals surface area contributed by atoms with Gasteiger partial charge in [0.05, 0.1) is 0 Å². The zero-order valence-corrected chi connectivity index (χ0v) is 13.4. The Hall–Kier alpha value is 0.269. The molecule has 0 saturated carbocycles. The van der Waals surface area contributed by atoms with Gasteiger partial charge in [0.1, 0.15) is 0 Å². The predicted octanol–water partition coefficient (Wildman–Crippen LogP) is 4.14. The van der Waals surface area contributed by atoms with Gasteiger partial charge in [-0.25, -0.2) is 0 Å². The molecule has 0 unspecified atom stereocenters. The van der Waals surface area contributed by atoms with Gasteiger partial charge in [0.15, 0.2) is 0 Å². The number of carbonyl (C=O) groups is 1. The number of aliphatic carboxylic acids is 1. The number of hydrogen-bond acceptors (Lipinski definition) is 1. The first-order valence-corrected chi connectivity index (χ1v) is 14.4. The molecule has 0 rings (SSSR count). The van der Waals surface area contributed by atoms with Crippen LogP contribution in [0.3, 0.4) is 0 Å². The van der Waals surface area contributed by atoms with E-state index in [0.29, 0.717) is 6.42 Å². The summed E-state index contributed by atoms with van der Waals surface area (Å²) in [6.45, 7) is 6.74. The summed E-state index contributed by atoms with van der Waals surface area (Å²) in [6, 6.07) is 0. The molecular formula is C12H26O2Sn. The van der Waals surface area contributed by atoms with Crippen LogP contribution in [-0.4, -0.2) is 29.5 Å². The molecule has 0 heterocycles. The van der Waals surface area contributed by atoms with Gasteiger partial charge >= 0.3 is 98.4 Å². The minimum atomic E-state index is -2.03. The van der Waals surface area contributed by atoms with Gasteiger partial charge in [0.25, 0.3) is 0 Å². The van der Waals surface area contributed by atoms with E-state index in [-0.39, 0.29) is 0 Å². The summed E-state index contributed by atoms with van der Waals surface area (Å²) in [7, 11) is 0. The summed E-state index contributed by atoms with van der Waals surface area (Å²) in [5.74, 6) is -0.598. The van der Waals surface area contributed by atoms with Crippen molar-refractivity contribution in [3.8, 4) is 0 Å². The first-order chi connectivity index (χ1) is 7.10. The molecule has 0 aromatic carbocycles. The van der Waals surface area contributed by atoms with Crippen LogP contribution in [0.1, 0.15) is 46.5 Å². The third kappa shape index (κ3) is 6.44. The zero-order valence-electron chi connectivity index (χ0n) is 10.5. The summed E-state index contributed by atoms with van der Waals surface area (Å²) < 4.78 is 5.25. The monoisotopic (exact) mass is 322 g/mol. The number of carboxylic acid groups (broad SMARTS) is 1. The molecule has 0 saturated heterocycles. The van der Waals surface area contributed by atoms with Crippen LogP contribution >= 0.6 is 0 Å². The summed E-state index contributed by atoms with van der Waals surface area (Å²) >= 11 is -2.03. The average molecular weight is 321 g/mol. The van der Waals surface area contributed by atoms with Crippen molar-refractivity contribution in [3.05, 3.63) is 0 Å². The molecule has 0 amide bonds. The second-order valence-corrected chi connectivity index (χ2v) is 18.9. The Kier molecular flexibility index (Phi) is 8.57. The molecule has 1 N–H and O–H groups in total. The Bertz CT molecular complexity index is 163. The van der Waals surface area contributed by atoms with Crippen LogP contribution in [0.15, 0.2) is 0 Å². The van der Waals surface area contributed by atoms with E-state index in [1.54, 1.807) is 0 Å². The molecule has 0 aliphatic carbocycles. The van der Waals surface area contributed by atoms with Crippen molar-refractivity contribution < 1.29 is 9.90 Å². The van der Waals surface area contributed by atoms with Gasteiger partial charge in [-0.1, -0.05) is 0 Å².